The van der Waals surface area contributed by atoms with E-state index in [1.807, 2.05) is 19.9 Å². The van der Waals surface area contributed by atoms with Gasteiger partial charge in [0.1, 0.15) is 0 Å². The first-order valence-corrected chi connectivity index (χ1v) is 4.42. The van der Waals surface area contributed by atoms with Crippen LogP contribution in [-0.2, 0) is 4.79 Å². The molecule has 1 rings (SSSR count). The van der Waals surface area contributed by atoms with Crippen molar-refractivity contribution in [2.75, 3.05) is 0 Å². The highest BCUT2D eigenvalue weighted by molar-refractivity contribution is 5.85. The molecule has 1 aliphatic carbocycles. The zero-order valence-corrected chi connectivity index (χ0v) is 9.54. The van der Waals surface area contributed by atoms with Crippen LogP contribution >= 0.6 is 12.4 Å². The predicted octanol–water partition coefficient (Wildman–Crippen LogP) is 2.40. The van der Waals surface area contributed by atoms with Gasteiger partial charge in [0.25, 0.3) is 0 Å². The van der Waals surface area contributed by atoms with Crippen LogP contribution in [0.4, 0.5) is 0 Å². The lowest BCUT2D eigenvalue weighted by Crippen LogP contribution is -2.03. The highest BCUT2D eigenvalue weighted by Crippen LogP contribution is 2.59. The average molecular weight is 228 g/mol. The van der Waals surface area contributed by atoms with Crippen molar-refractivity contribution in [1.82, 2.24) is 0 Å². The fourth-order valence-electron chi connectivity index (χ4n) is 1.80. The van der Waals surface area contributed by atoms with Gasteiger partial charge in [-0.2, -0.15) is 5.26 Å². The van der Waals surface area contributed by atoms with Crippen molar-refractivity contribution in [3.8, 4) is 6.07 Å². The Balaban J connectivity index is 0.00000196. The smallest absolute Gasteiger partial charge is 0.307 e. The number of nitrogens with zero attached hydrogens (tertiary/aromatic N) is 1. The molecule has 0 amide bonds. The summed E-state index contributed by atoms with van der Waals surface area (Å²) in [6.45, 7) is 7.28. The summed E-state index contributed by atoms with van der Waals surface area (Å²) in [5.41, 5.74) is 0.212. The SMILES string of the molecule is C=CC(C#N)=CC1[C@@H](C(=O)O)C1(C)C.Cl. The monoisotopic (exact) mass is 227 g/mol. The standard InChI is InChI=1S/C11H13NO2.ClH/c1-4-7(6-12)5-8-9(10(13)14)11(8,2)3;/h4-5,8-9H,1H2,2-3H3,(H,13,14);1H/t8?,9-;/m0./s1. The molecule has 2 atom stereocenters. The lowest BCUT2D eigenvalue weighted by molar-refractivity contribution is -0.139. The fourth-order valence-corrected chi connectivity index (χ4v) is 1.80. The summed E-state index contributed by atoms with van der Waals surface area (Å²) in [7, 11) is 0. The number of hydrogen-bond donors (Lipinski definition) is 1. The predicted molar refractivity (Wildman–Crippen MR) is 59.5 cm³/mol. The quantitative estimate of drug-likeness (QED) is 0.595. The molecule has 4 heteroatoms. The van der Waals surface area contributed by atoms with Gasteiger partial charge in [0.2, 0.25) is 0 Å². The summed E-state index contributed by atoms with van der Waals surface area (Å²) in [5.74, 6) is -1.21. The van der Waals surface area contributed by atoms with Gasteiger partial charge in [0.15, 0.2) is 0 Å². The maximum absolute atomic E-state index is 10.8. The van der Waals surface area contributed by atoms with E-state index in [4.69, 9.17) is 10.4 Å². The molecule has 0 radical (unpaired) electrons. The van der Waals surface area contributed by atoms with Crippen LogP contribution in [-0.4, -0.2) is 11.1 Å². The molecule has 1 aliphatic rings. The number of hydrogen-bond acceptors (Lipinski definition) is 2. The summed E-state index contributed by atoms with van der Waals surface area (Å²) in [6.07, 6.45) is 3.15. The molecular weight excluding hydrogens is 214 g/mol. The third kappa shape index (κ3) is 2.40. The Morgan fingerprint density at radius 3 is 2.40 bits per heavy atom. The van der Waals surface area contributed by atoms with Crippen LogP contribution in [0, 0.1) is 28.6 Å². The van der Waals surface area contributed by atoms with Crippen LogP contribution in [0.5, 0.6) is 0 Å². The van der Waals surface area contributed by atoms with Crippen LogP contribution in [0.15, 0.2) is 24.3 Å². The van der Waals surface area contributed by atoms with Gasteiger partial charge in [-0.25, -0.2) is 0 Å². The molecule has 1 saturated carbocycles. The summed E-state index contributed by atoms with van der Waals surface area (Å²) < 4.78 is 0. The summed E-state index contributed by atoms with van der Waals surface area (Å²) >= 11 is 0. The summed E-state index contributed by atoms with van der Waals surface area (Å²) in [4.78, 5) is 10.8. The molecule has 1 N–H and O–H groups in total. The molecule has 1 fully saturated rings. The Bertz CT molecular complexity index is 352. The average Bonchev–Trinajstić information content (AvgIpc) is 2.63. The molecule has 1 unspecified atom stereocenters. The van der Waals surface area contributed by atoms with Crippen LogP contribution in [0.2, 0.25) is 0 Å². The van der Waals surface area contributed by atoms with E-state index in [1.54, 1.807) is 6.08 Å². The first-order valence-electron chi connectivity index (χ1n) is 4.42. The molecule has 0 spiro atoms. The van der Waals surface area contributed by atoms with Crippen molar-refractivity contribution in [1.29, 1.82) is 5.26 Å². The van der Waals surface area contributed by atoms with E-state index in [9.17, 15) is 4.79 Å². The number of rotatable bonds is 3. The fraction of sp³-hybridized carbons (Fsp3) is 0.455. The van der Waals surface area contributed by atoms with Gasteiger partial charge in [-0.1, -0.05) is 32.6 Å². The van der Waals surface area contributed by atoms with Gasteiger partial charge >= 0.3 is 5.97 Å². The van der Waals surface area contributed by atoms with E-state index >= 15 is 0 Å². The molecule has 0 aromatic heterocycles. The van der Waals surface area contributed by atoms with E-state index in [2.05, 4.69) is 6.58 Å². The van der Waals surface area contributed by atoms with E-state index in [-0.39, 0.29) is 29.7 Å². The van der Waals surface area contributed by atoms with Crippen LogP contribution in [0.1, 0.15) is 13.8 Å². The van der Waals surface area contributed by atoms with Crippen LogP contribution in [0.25, 0.3) is 0 Å². The molecular formula is C11H14ClNO2. The topological polar surface area (TPSA) is 61.1 Å². The lowest BCUT2D eigenvalue weighted by atomic mass is 10.1. The van der Waals surface area contributed by atoms with Crippen molar-refractivity contribution in [3.05, 3.63) is 24.3 Å². The molecule has 15 heavy (non-hydrogen) atoms. The van der Waals surface area contributed by atoms with Gasteiger partial charge in [-0.05, 0) is 11.3 Å². The third-order valence-corrected chi connectivity index (χ3v) is 2.88. The maximum Gasteiger partial charge on any atom is 0.307 e. The van der Waals surface area contributed by atoms with Crippen molar-refractivity contribution in [2.45, 2.75) is 13.8 Å². The number of halogens is 1. The number of nitriles is 1. The Morgan fingerprint density at radius 2 is 2.13 bits per heavy atom. The normalized spacial score (nSPS) is 27.1. The van der Waals surface area contributed by atoms with Crippen molar-refractivity contribution in [3.63, 3.8) is 0 Å². The highest BCUT2D eigenvalue weighted by Gasteiger charge is 2.60. The van der Waals surface area contributed by atoms with E-state index in [1.165, 1.54) is 6.08 Å². The third-order valence-electron chi connectivity index (χ3n) is 2.88. The number of carboxylic acids is 1. The minimum atomic E-state index is -0.794. The highest BCUT2D eigenvalue weighted by atomic mass is 35.5. The zero-order chi connectivity index (χ0) is 10.9. The molecule has 0 aromatic rings. The van der Waals surface area contributed by atoms with Gasteiger partial charge in [-0.15, -0.1) is 12.4 Å². The molecule has 0 bridgehead atoms. The Hall–Kier alpha value is -1.27. The number of carboxylic acid groups (broad SMARTS) is 1. The summed E-state index contributed by atoms with van der Waals surface area (Å²) in [5, 5.41) is 17.5. The maximum atomic E-state index is 10.8. The molecule has 0 aliphatic heterocycles. The van der Waals surface area contributed by atoms with Gasteiger partial charge in [-0.3, -0.25) is 4.79 Å². The van der Waals surface area contributed by atoms with Crippen molar-refractivity contribution in [2.24, 2.45) is 17.3 Å². The first kappa shape index (κ1) is 13.7. The minimum absolute atomic E-state index is 0. The second-order valence-corrected chi connectivity index (χ2v) is 4.10. The second kappa shape index (κ2) is 4.50. The molecule has 82 valence electrons. The first-order chi connectivity index (χ1) is 6.45. The Morgan fingerprint density at radius 1 is 1.60 bits per heavy atom. The molecule has 0 heterocycles. The zero-order valence-electron chi connectivity index (χ0n) is 8.73. The van der Waals surface area contributed by atoms with E-state index < -0.39 is 5.97 Å². The second-order valence-electron chi connectivity index (χ2n) is 4.10. The van der Waals surface area contributed by atoms with Gasteiger partial charge < -0.3 is 5.11 Å². The lowest BCUT2D eigenvalue weighted by Gasteiger charge is -1.96. The van der Waals surface area contributed by atoms with E-state index in [0.717, 1.165) is 0 Å². The molecule has 0 saturated heterocycles. The van der Waals surface area contributed by atoms with Crippen LogP contribution < -0.4 is 0 Å². The van der Waals surface area contributed by atoms with E-state index in [0.29, 0.717) is 5.57 Å². The number of allylic oxidation sites excluding steroid dienone is 3. The number of aliphatic carboxylic acids is 1. The number of carbonyl (C=O) groups is 1. The van der Waals surface area contributed by atoms with Crippen molar-refractivity contribution < 1.29 is 9.90 Å². The van der Waals surface area contributed by atoms with Crippen molar-refractivity contribution >= 4 is 18.4 Å². The molecule has 0 aromatic carbocycles. The Kier molecular flexibility index (Phi) is 4.12. The molecule has 3 nitrogen and oxygen atoms in total. The Labute approximate surface area is 95.5 Å². The minimum Gasteiger partial charge on any atom is -0.481 e. The van der Waals surface area contributed by atoms with Gasteiger partial charge in [0, 0.05) is 5.57 Å². The van der Waals surface area contributed by atoms with Gasteiger partial charge in [0.05, 0.1) is 12.0 Å². The largest absolute Gasteiger partial charge is 0.481 e. The van der Waals surface area contributed by atoms with Crippen LogP contribution in [0.3, 0.4) is 0 Å². The summed E-state index contributed by atoms with van der Waals surface area (Å²) in [6, 6.07) is 1.97.